The zero-order valence-electron chi connectivity index (χ0n) is 7.26. The van der Waals surface area contributed by atoms with E-state index in [-0.39, 0.29) is 0 Å². The van der Waals surface area contributed by atoms with Gasteiger partial charge >= 0.3 is 0 Å². The number of anilines is 1. The number of hydrogen-bond donors (Lipinski definition) is 2. The first-order chi connectivity index (χ1) is 6.27. The minimum Gasteiger partial charge on any atom is -0.384 e. The third kappa shape index (κ3) is 1.84. The van der Waals surface area contributed by atoms with Crippen molar-refractivity contribution < 1.29 is 0 Å². The van der Waals surface area contributed by atoms with E-state index in [2.05, 4.69) is 26.2 Å². The van der Waals surface area contributed by atoms with Gasteiger partial charge in [-0.05, 0) is 46.9 Å². The van der Waals surface area contributed by atoms with Crippen LogP contribution in [-0.4, -0.2) is 11.5 Å². The lowest BCUT2D eigenvalue weighted by atomic mass is 10.1. The van der Waals surface area contributed by atoms with Crippen LogP contribution in [0.1, 0.15) is 24.4 Å². The lowest BCUT2D eigenvalue weighted by Crippen LogP contribution is -2.13. The summed E-state index contributed by atoms with van der Waals surface area (Å²) in [6.07, 6.45) is 4.19. The van der Waals surface area contributed by atoms with Crippen LogP contribution >= 0.6 is 15.9 Å². The summed E-state index contributed by atoms with van der Waals surface area (Å²) >= 11 is 3.48. The molecule has 0 amide bonds. The van der Waals surface area contributed by atoms with Crippen molar-refractivity contribution in [3.8, 4) is 0 Å². The summed E-state index contributed by atoms with van der Waals surface area (Å²) in [4.78, 5) is 4.01. The van der Waals surface area contributed by atoms with Gasteiger partial charge in [0.1, 0.15) is 5.82 Å². The van der Waals surface area contributed by atoms with Crippen LogP contribution in [0.3, 0.4) is 0 Å². The Morgan fingerprint density at radius 2 is 2.46 bits per heavy atom. The van der Waals surface area contributed by atoms with Gasteiger partial charge in [0.15, 0.2) is 0 Å². The monoisotopic (exact) mass is 241 g/mol. The molecule has 3 N–H and O–H groups in total. The first kappa shape index (κ1) is 8.97. The van der Waals surface area contributed by atoms with Crippen LogP contribution in [-0.2, 0) is 0 Å². The number of rotatable bonds is 1. The molecule has 4 heteroatoms. The quantitative estimate of drug-likeness (QED) is 0.790. The topological polar surface area (TPSA) is 50.9 Å². The molecule has 0 radical (unpaired) electrons. The van der Waals surface area contributed by atoms with E-state index in [1.165, 1.54) is 18.4 Å². The number of aromatic nitrogens is 1. The van der Waals surface area contributed by atoms with Gasteiger partial charge in [-0.3, -0.25) is 0 Å². The Kier molecular flexibility index (Phi) is 2.51. The molecular formula is C9H12BrN3. The predicted octanol–water partition coefficient (Wildman–Crippen LogP) is 1.85. The first-order valence-corrected chi connectivity index (χ1v) is 5.21. The molecule has 2 rings (SSSR count). The Morgan fingerprint density at radius 1 is 1.62 bits per heavy atom. The molecule has 1 aromatic heterocycles. The van der Waals surface area contributed by atoms with Crippen molar-refractivity contribution in [2.24, 2.45) is 0 Å². The highest BCUT2D eigenvalue weighted by molar-refractivity contribution is 9.10. The number of nitrogens with one attached hydrogen (secondary N) is 1. The van der Waals surface area contributed by atoms with E-state index >= 15 is 0 Å². The van der Waals surface area contributed by atoms with E-state index in [1.54, 1.807) is 6.20 Å². The smallest absolute Gasteiger partial charge is 0.123 e. The van der Waals surface area contributed by atoms with E-state index in [0.29, 0.717) is 11.9 Å². The zero-order valence-corrected chi connectivity index (χ0v) is 8.84. The molecular weight excluding hydrogens is 230 g/mol. The van der Waals surface area contributed by atoms with Gasteiger partial charge < -0.3 is 11.1 Å². The van der Waals surface area contributed by atoms with E-state index in [9.17, 15) is 0 Å². The normalized spacial score (nSPS) is 22.1. The summed E-state index contributed by atoms with van der Waals surface area (Å²) in [5.41, 5.74) is 6.86. The van der Waals surface area contributed by atoms with E-state index in [4.69, 9.17) is 5.73 Å². The molecule has 1 aromatic rings. The molecule has 0 aromatic carbocycles. The SMILES string of the molecule is Nc1cc([C@H]2CCCN2)c(Br)cn1. The molecule has 1 fully saturated rings. The zero-order chi connectivity index (χ0) is 9.26. The second kappa shape index (κ2) is 3.64. The highest BCUT2D eigenvalue weighted by Gasteiger charge is 2.18. The van der Waals surface area contributed by atoms with Gasteiger partial charge in [0.2, 0.25) is 0 Å². The third-order valence-electron chi connectivity index (χ3n) is 2.34. The second-order valence-electron chi connectivity index (χ2n) is 3.28. The van der Waals surface area contributed by atoms with Crippen LogP contribution in [0.2, 0.25) is 0 Å². The minimum atomic E-state index is 0.444. The van der Waals surface area contributed by atoms with Gasteiger partial charge in [-0.15, -0.1) is 0 Å². The molecule has 70 valence electrons. The Hall–Kier alpha value is -0.610. The van der Waals surface area contributed by atoms with Crippen molar-refractivity contribution in [3.05, 3.63) is 22.3 Å². The Balaban J connectivity index is 2.32. The third-order valence-corrected chi connectivity index (χ3v) is 3.00. The molecule has 1 atom stereocenters. The summed E-state index contributed by atoms with van der Waals surface area (Å²) in [7, 11) is 0. The maximum Gasteiger partial charge on any atom is 0.123 e. The Morgan fingerprint density at radius 3 is 3.15 bits per heavy atom. The molecule has 1 saturated heterocycles. The van der Waals surface area contributed by atoms with Crippen LogP contribution < -0.4 is 11.1 Å². The number of pyridine rings is 1. The summed E-state index contributed by atoms with van der Waals surface area (Å²) in [5.74, 6) is 0.590. The average molecular weight is 242 g/mol. The molecule has 0 aliphatic carbocycles. The molecule has 2 heterocycles. The lowest BCUT2D eigenvalue weighted by molar-refractivity contribution is 0.644. The van der Waals surface area contributed by atoms with Crippen LogP contribution in [0.15, 0.2) is 16.7 Å². The number of hydrogen-bond acceptors (Lipinski definition) is 3. The van der Waals surface area contributed by atoms with E-state index < -0.39 is 0 Å². The number of nitrogens with two attached hydrogens (primary N) is 1. The van der Waals surface area contributed by atoms with Crippen molar-refractivity contribution in [1.82, 2.24) is 10.3 Å². The van der Waals surface area contributed by atoms with Crippen LogP contribution in [0.25, 0.3) is 0 Å². The second-order valence-corrected chi connectivity index (χ2v) is 4.13. The first-order valence-electron chi connectivity index (χ1n) is 4.41. The number of nitrogens with zero attached hydrogens (tertiary/aromatic N) is 1. The predicted molar refractivity (Wildman–Crippen MR) is 56.3 cm³/mol. The maximum absolute atomic E-state index is 5.64. The fraction of sp³-hybridized carbons (Fsp3) is 0.444. The highest BCUT2D eigenvalue weighted by atomic mass is 79.9. The van der Waals surface area contributed by atoms with Crippen LogP contribution in [0.4, 0.5) is 5.82 Å². The van der Waals surface area contributed by atoms with Crippen molar-refractivity contribution in [2.45, 2.75) is 18.9 Å². The fourth-order valence-electron chi connectivity index (χ4n) is 1.69. The van der Waals surface area contributed by atoms with Crippen molar-refractivity contribution in [3.63, 3.8) is 0 Å². The van der Waals surface area contributed by atoms with Crippen molar-refractivity contribution >= 4 is 21.7 Å². The molecule has 3 nitrogen and oxygen atoms in total. The fourth-order valence-corrected chi connectivity index (χ4v) is 2.18. The largest absolute Gasteiger partial charge is 0.384 e. The van der Waals surface area contributed by atoms with Crippen LogP contribution in [0, 0.1) is 0 Å². The number of nitrogen functional groups attached to an aromatic ring is 1. The summed E-state index contributed by atoms with van der Waals surface area (Å²) < 4.78 is 1.04. The minimum absolute atomic E-state index is 0.444. The maximum atomic E-state index is 5.64. The van der Waals surface area contributed by atoms with E-state index in [1.807, 2.05) is 6.07 Å². The molecule has 1 aliphatic rings. The average Bonchev–Trinajstić information content (AvgIpc) is 2.61. The lowest BCUT2D eigenvalue weighted by Gasteiger charge is -2.12. The van der Waals surface area contributed by atoms with Gasteiger partial charge in [0, 0.05) is 16.7 Å². The van der Waals surface area contributed by atoms with Gasteiger partial charge in [-0.1, -0.05) is 0 Å². The number of halogens is 1. The van der Waals surface area contributed by atoms with E-state index in [0.717, 1.165) is 11.0 Å². The summed E-state index contributed by atoms with van der Waals surface area (Å²) in [6, 6.07) is 2.38. The molecule has 0 saturated carbocycles. The summed E-state index contributed by atoms with van der Waals surface area (Å²) in [5, 5.41) is 3.43. The molecule has 0 spiro atoms. The standard InChI is InChI=1S/C9H12BrN3/c10-7-5-13-9(11)4-6(7)8-2-1-3-12-8/h4-5,8,12H,1-3H2,(H2,11,13)/t8-/m1/s1. The van der Waals surface area contributed by atoms with Crippen LogP contribution in [0.5, 0.6) is 0 Å². The Labute approximate surface area is 85.9 Å². The Bertz CT molecular complexity index is 308. The van der Waals surface area contributed by atoms with Gasteiger partial charge in [-0.2, -0.15) is 0 Å². The van der Waals surface area contributed by atoms with Crippen molar-refractivity contribution in [2.75, 3.05) is 12.3 Å². The van der Waals surface area contributed by atoms with Gasteiger partial charge in [-0.25, -0.2) is 4.98 Å². The molecule has 13 heavy (non-hydrogen) atoms. The van der Waals surface area contributed by atoms with Crippen molar-refractivity contribution in [1.29, 1.82) is 0 Å². The molecule has 0 unspecified atom stereocenters. The highest BCUT2D eigenvalue weighted by Crippen LogP contribution is 2.29. The molecule has 1 aliphatic heterocycles. The van der Waals surface area contributed by atoms with Gasteiger partial charge in [0.05, 0.1) is 0 Å². The van der Waals surface area contributed by atoms with Gasteiger partial charge in [0.25, 0.3) is 0 Å². The summed E-state index contributed by atoms with van der Waals surface area (Å²) in [6.45, 7) is 1.10. The molecule has 0 bridgehead atoms.